The fraction of sp³-hybridized carbons (Fsp3) is 0.333. The van der Waals surface area contributed by atoms with Crippen molar-refractivity contribution < 1.29 is 34.8 Å². The summed E-state index contributed by atoms with van der Waals surface area (Å²) in [6, 6.07) is 11.4. The molecular formula is C33H31NO7. The van der Waals surface area contributed by atoms with Crippen molar-refractivity contribution >= 4 is 28.6 Å². The third-order valence-corrected chi connectivity index (χ3v) is 9.32. The first-order valence-corrected chi connectivity index (χ1v) is 13.7. The zero-order valence-electron chi connectivity index (χ0n) is 23.2. The van der Waals surface area contributed by atoms with Crippen LogP contribution >= 0.6 is 0 Å². The maximum Gasteiger partial charge on any atom is 0.206 e. The second kappa shape index (κ2) is 9.19. The third-order valence-electron chi connectivity index (χ3n) is 9.32. The SMILES string of the molecule is CC(=O)C1=C(C)CC2C(O)C3C(=C(O)C2(O)C1=O)C(=O)c1c(ccc(C2=NC=C(c4ccc(C)cc4)C2)c1O)C3C. The number of aryl methyl sites for hydroxylation is 1. The van der Waals surface area contributed by atoms with E-state index in [-0.39, 0.29) is 28.9 Å². The summed E-state index contributed by atoms with van der Waals surface area (Å²) in [7, 11) is 0. The van der Waals surface area contributed by atoms with E-state index in [4.69, 9.17) is 0 Å². The third kappa shape index (κ3) is 3.67. The van der Waals surface area contributed by atoms with Crippen LogP contribution in [0.3, 0.4) is 0 Å². The Balaban J connectivity index is 1.43. The molecule has 3 aliphatic carbocycles. The van der Waals surface area contributed by atoms with E-state index in [2.05, 4.69) is 4.99 Å². The normalized spacial score (nSPS) is 29.1. The topological polar surface area (TPSA) is 144 Å². The van der Waals surface area contributed by atoms with E-state index in [1.54, 1.807) is 32.2 Å². The molecule has 0 spiro atoms. The van der Waals surface area contributed by atoms with E-state index in [1.165, 1.54) is 6.92 Å². The highest BCUT2D eigenvalue weighted by molar-refractivity contribution is 6.25. The Morgan fingerprint density at radius 2 is 1.73 bits per heavy atom. The molecule has 8 heteroatoms. The predicted octanol–water partition coefficient (Wildman–Crippen LogP) is 4.26. The highest BCUT2D eigenvalue weighted by Crippen LogP contribution is 2.55. The number of carbonyl (C=O) groups is 3. The number of hydrogen-bond donors (Lipinski definition) is 4. The smallest absolute Gasteiger partial charge is 0.206 e. The summed E-state index contributed by atoms with van der Waals surface area (Å²) in [5.41, 5.74) is 1.69. The minimum Gasteiger partial charge on any atom is -0.508 e. The van der Waals surface area contributed by atoms with Gasteiger partial charge in [-0.3, -0.25) is 19.4 Å². The molecule has 6 rings (SSSR count). The van der Waals surface area contributed by atoms with E-state index >= 15 is 0 Å². The second-order valence-corrected chi connectivity index (χ2v) is 11.7. The van der Waals surface area contributed by atoms with Crippen molar-refractivity contribution in [3.63, 3.8) is 0 Å². The summed E-state index contributed by atoms with van der Waals surface area (Å²) in [5.74, 6) is -6.16. The van der Waals surface area contributed by atoms with Gasteiger partial charge in [0.25, 0.3) is 0 Å². The van der Waals surface area contributed by atoms with Crippen LogP contribution in [0.5, 0.6) is 5.75 Å². The molecular weight excluding hydrogens is 522 g/mol. The zero-order chi connectivity index (χ0) is 29.5. The highest BCUT2D eigenvalue weighted by atomic mass is 16.4. The number of nitrogens with zero attached hydrogens (tertiary/aromatic N) is 1. The van der Waals surface area contributed by atoms with Crippen LogP contribution in [-0.2, 0) is 9.59 Å². The molecule has 4 aliphatic rings. The van der Waals surface area contributed by atoms with Gasteiger partial charge in [0, 0.05) is 35.6 Å². The molecule has 0 saturated carbocycles. The van der Waals surface area contributed by atoms with E-state index < -0.39 is 52.6 Å². The number of benzene rings is 2. The number of rotatable bonds is 3. The molecule has 5 unspecified atom stereocenters. The van der Waals surface area contributed by atoms with E-state index in [0.29, 0.717) is 28.8 Å². The maximum atomic E-state index is 14.0. The predicted molar refractivity (Wildman–Crippen MR) is 152 cm³/mol. The van der Waals surface area contributed by atoms with Gasteiger partial charge in [-0.05, 0) is 55.9 Å². The van der Waals surface area contributed by atoms with Crippen LogP contribution in [0.4, 0.5) is 0 Å². The molecule has 0 radical (unpaired) electrons. The molecule has 1 aliphatic heterocycles. The summed E-state index contributed by atoms with van der Waals surface area (Å²) >= 11 is 0. The number of hydrogen-bond acceptors (Lipinski definition) is 8. The molecule has 0 fully saturated rings. The highest BCUT2D eigenvalue weighted by Gasteiger charge is 2.63. The second-order valence-electron chi connectivity index (χ2n) is 11.7. The average Bonchev–Trinajstić information content (AvgIpc) is 3.41. The quantitative estimate of drug-likeness (QED) is 0.416. The lowest BCUT2D eigenvalue weighted by Crippen LogP contribution is -2.62. The lowest BCUT2D eigenvalue weighted by atomic mass is 9.56. The fourth-order valence-corrected chi connectivity index (χ4v) is 7.16. The maximum absolute atomic E-state index is 14.0. The van der Waals surface area contributed by atoms with Crippen LogP contribution in [0.2, 0.25) is 0 Å². The number of aliphatic hydroxyl groups is 3. The summed E-state index contributed by atoms with van der Waals surface area (Å²) in [6.45, 7) is 6.56. The van der Waals surface area contributed by atoms with Crippen molar-refractivity contribution in [2.75, 3.05) is 0 Å². The van der Waals surface area contributed by atoms with Gasteiger partial charge in [0.05, 0.1) is 23.0 Å². The van der Waals surface area contributed by atoms with E-state index in [1.807, 2.05) is 31.2 Å². The summed E-state index contributed by atoms with van der Waals surface area (Å²) in [4.78, 5) is 44.2. The molecule has 2 aromatic carbocycles. The molecule has 1 heterocycles. The Morgan fingerprint density at radius 3 is 2.39 bits per heavy atom. The van der Waals surface area contributed by atoms with Crippen molar-refractivity contribution in [1.82, 2.24) is 0 Å². The molecule has 0 amide bonds. The van der Waals surface area contributed by atoms with Crippen molar-refractivity contribution in [3.8, 4) is 5.75 Å². The monoisotopic (exact) mass is 553 g/mol. The number of aliphatic hydroxyl groups excluding tert-OH is 2. The Hall–Kier alpha value is -4.14. The lowest BCUT2D eigenvalue weighted by molar-refractivity contribution is -0.153. The number of fused-ring (bicyclic) bond motifs is 3. The number of ketones is 3. The number of allylic oxidation sites excluding steroid dienone is 2. The molecule has 41 heavy (non-hydrogen) atoms. The fourth-order valence-electron chi connectivity index (χ4n) is 7.16. The minimum atomic E-state index is -2.63. The van der Waals surface area contributed by atoms with Crippen LogP contribution in [-0.4, -0.2) is 55.2 Å². The molecule has 0 bridgehead atoms. The van der Waals surface area contributed by atoms with Gasteiger partial charge in [0.15, 0.2) is 17.2 Å². The molecule has 0 saturated heterocycles. The van der Waals surface area contributed by atoms with Crippen molar-refractivity contribution in [2.24, 2.45) is 16.8 Å². The number of phenolic OH excluding ortho intramolecular Hbond substituents is 1. The largest absolute Gasteiger partial charge is 0.508 e. The van der Waals surface area contributed by atoms with E-state index in [9.17, 15) is 34.8 Å². The Morgan fingerprint density at radius 1 is 1.05 bits per heavy atom. The molecule has 5 atom stereocenters. The molecule has 2 aromatic rings. The standard InChI is InChI=1S/C33H31NO7/c1-14-5-7-18(8-6-14)19-12-23(34-13-19)21-10-9-20-16(3)25-27(30(38)26(20)28(21)36)32(40)33(41)22(29(25)37)11-15(2)24(17(4)35)31(33)39/h5-10,13,16,22,25,29,36-37,40-41H,11-12H2,1-4H3. The number of aliphatic imine (C=N–C) groups is 1. The lowest BCUT2D eigenvalue weighted by Gasteiger charge is -2.50. The van der Waals surface area contributed by atoms with Crippen LogP contribution in [0, 0.1) is 18.8 Å². The zero-order valence-corrected chi connectivity index (χ0v) is 23.2. The summed E-state index contributed by atoms with van der Waals surface area (Å²) in [6.07, 6.45) is 0.801. The molecule has 4 N–H and O–H groups in total. The van der Waals surface area contributed by atoms with Gasteiger partial charge in [-0.15, -0.1) is 0 Å². The van der Waals surface area contributed by atoms with Crippen molar-refractivity contribution in [2.45, 2.75) is 58.2 Å². The van der Waals surface area contributed by atoms with Gasteiger partial charge in [-0.1, -0.05) is 48.4 Å². The van der Waals surface area contributed by atoms with Gasteiger partial charge < -0.3 is 20.4 Å². The first kappa shape index (κ1) is 27.1. The van der Waals surface area contributed by atoms with Gasteiger partial charge >= 0.3 is 0 Å². The van der Waals surface area contributed by atoms with Crippen LogP contribution in [0.25, 0.3) is 5.57 Å². The van der Waals surface area contributed by atoms with Crippen molar-refractivity contribution in [1.29, 1.82) is 0 Å². The first-order chi connectivity index (χ1) is 19.4. The molecule has 210 valence electrons. The van der Waals surface area contributed by atoms with Gasteiger partial charge in [-0.2, -0.15) is 0 Å². The summed E-state index contributed by atoms with van der Waals surface area (Å²) in [5, 5.41) is 46.0. The minimum absolute atomic E-state index is 0.000254. The van der Waals surface area contributed by atoms with Crippen LogP contribution in [0.15, 0.2) is 70.1 Å². The Labute approximate surface area is 237 Å². The first-order valence-electron chi connectivity index (χ1n) is 13.7. The number of aromatic hydroxyl groups is 1. The molecule has 0 aromatic heterocycles. The molecule has 8 nitrogen and oxygen atoms in total. The van der Waals surface area contributed by atoms with Gasteiger partial charge in [0.2, 0.25) is 5.78 Å². The van der Waals surface area contributed by atoms with Gasteiger partial charge in [-0.25, -0.2) is 0 Å². The number of Topliss-reactive ketones (excluding diaryl/α,β-unsaturated/α-hetero) is 3. The van der Waals surface area contributed by atoms with Gasteiger partial charge in [0.1, 0.15) is 11.5 Å². The number of carbonyl (C=O) groups excluding carboxylic acids is 3. The average molecular weight is 554 g/mol. The number of phenols is 1. The van der Waals surface area contributed by atoms with Crippen LogP contribution < -0.4 is 0 Å². The van der Waals surface area contributed by atoms with Crippen LogP contribution in [0.1, 0.15) is 72.1 Å². The Bertz CT molecular complexity index is 1690. The summed E-state index contributed by atoms with van der Waals surface area (Å²) < 4.78 is 0. The Kier molecular flexibility index (Phi) is 6.06. The van der Waals surface area contributed by atoms with Crippen molar-refractivity contribution in [3.05, 3.63) is 92.9 Å². The van der Waals surface area contributed by atoms with E-state index in [0.717, 1.165) is 16.7 Å².